The van der Waals surface area contributed by atoms with Crippen LogP contribution in [0.2, 0.25) is 0 Å². The highest BCUT2D eigenvalue weighted by atomic mass is 16.1. The van der Waals surface area contributed by atoms with Crippen LogP contribution < -0.4 is 16.2 Å². The van der Waals surface area contributed by atoms with E-state index in [1.165, 1.54) is 0 Å². The van der Waals surface area contributed by atoms with E-state index in [1.54, 1.807) is 11.6 Å². The van der Waals surface area contributed by atoms with Crippen LogP contribution in [0, 0.1) is 0 Å². The molecule has 0 aromatic carbocycles. The summed E-state index contributed by atoms with van der Waals surface area (Å²) in [7, 11) is 1.80. The van der Waals surface area contributed by atoms with E-state index < -0.39 is 5.54 Å². The highest BCUT2D eigenvalue weighted by Crippen LogP contribution is 2.35. The zero-order valence-electron chi connectivity index (χ0n) is 21.6. The van der Waals surface area contributed by atoms with Crippen molar-refractivity contribution < 1.29 is 0 Å². The Morgan fingerprint density at radius 1 is 0.947 bits per heavy atom. The summed E-state index contributed by atoms with van der Waals surface area (Å²) >= 11 is 0. The van der Waals surface area contributed by atoms with Gasteiger partial charge in [-0.1, -0.05) is 12.1 Å². The van der Waals surface area contributed by atoms with E-state index in [4.69, 9.17) is 15.0 Å². The fourth-order valence-electron chi connectivity index (χ4n) is 5.40. The lowest BCUT2D eigenvalue weighted by atomic mass is 9.91. The van der Waals surface area contributed by atoms with E-state index in [0.29, 0.717) is 5.69 Å². The summed E-state index contributed by atoms with van der Waals surface area (Å²) in [4.78, 5) is 27.2. The Balaban J connectivity index is 1.47. The molecular formula is C30H31N7O. The summed E-state index contributed by atoms with van der Waals surface area (Å²) in [5.41, 5.74) is 5.42. The normalized spacial score (nSPS) is 14.6. The van der Waals surface area contributed by atoms with Crippen LogP contribution in [-0.4, -0.2) is 43.2 Å². The van der Waals surface area contributed by atoms with Crippen LogP contribution in [0.3, 0.4) is 0 Å². The fraction of sp³-hybridized carbons (Fsp3) is 0.267. The maximum Gasteiger partial charge on any atom is 0.273 e. The summed E-state index contributed by atoms with van der Waals surface area (Å²) in [5, 5.41) is 6.87. The first-order valence-corrected chi connectivity index (χ1v) is 13.0. The van der Waals surface area contributed by atoms with Gasteiger partial charge in [0, 0.05) is 55.2 Å². The van der Waals surface area contributed by atoms with E-state index in [2.05, 4.69) is 34.4 Å². The van der Waals surface area contributed by atoms with Gasteiger partial charge in [-0.3, -0.25) is 19.7 Å². The van der Waals surface area contributed by atoms with Crippen molar-refractivity contribution in [3.63, 3.8) is 0 Å². The van der Waals surface area contributed by atoms with Crippen LogP contribution >= 0.6 is 0 Å². The standard InChI is InChI=1S/C30H31N7O/c1-30(27-7-3-5-12-32-27,28-8-4-6-13-33-28)37-16-11-24-26(37)18-21(19-34-24)22-17-25(29(38)36(2)20-22)35-23-9-14-31-15-10-23/h3-8,11-13,16-20,23,31,35H,9-10,14-15H2,1-2H3. The third-order valence-electron chi connectivity index (χ3n) is 7.56. The molecule has 0 spiro atoms. The molecule has 6 heterocycles. The van der Waals surface area contributed by atoms with Gasteiger partial charge in [0.15, 0.2) is 0 Å². The smallest absolute Gasteiger partial charge is 0.273 e. The van der Waals surface area contributed by atoms with Gasteiger partial charge in [-0.25, -0.2) is 0 Å². The molecule has 1 aliphatic heterocycles. The number of aromatic nitrogens is 5. The molecule has 0 bridgehead atoms. The summed E-state index contributed by atoms with van der Waals surface area (Å²) in [6.07, 6.45) is 11.4. The predicted octanol–water partition coefficient (Wildman–Crippen LogP) is 4.17. The number of fused-ring (bicyclic) bond motifs is 1. The average Bonchev–Trinajstić information content (AvgIpc) is 3.40. The first kappa shape index (κ1) is 24.1. The number of hydrogen-bond acceptors (Lipinski definition) is 6. The Bertz CT molecular complexity index is 1580. The van der Waals surface area contributed by atoms with Crippen molar-refractivity contribution in [2.24, 2.45) is 7.05 Å². The molecule has 0 atom stereocenters. The lowest BCUT2D eigenvalue weighted by Gasteiger charge is -2.31. The van der Waals surface area contributed by atoms with Gasteiger partial charge in [-0.05, 0) is 75.3 Å². The van der Waals surface area contributed by atoms with Crippen LogP contribution in [0.4, 0.5) is 5.69 Å². The predicted molar refractivity (Wildman–Crippen MR) is 150 cm³/mol. The molecule has 6 rings (SSSR count). The van der Waals surface area contributed by atoms with E-state index >= 15 is 0 Å². The topological polar surface area (TPSA) is 89.7 Å². The van der Waals surface area contributed by atoms with Crippen molar-refractivity contribution >= 4 is 16.7 Å². The van der Waals surface area contributed by atoms with Crippen molar-refractivity contribution in [1.82, 2.24) is 29.4 Å². The lowest BCUT2D eigenvalue weighted by molar-refractivity contribution is 0.463. The zero-order valence-corrected chi connectivity index (χ0v) is 21.6. The molecular weight excluding hydrogens is 474 g/mol. The SMILES string of the molecule is Cn1cc(-c2cnc3ccn(C(C)(c4ccccn4)c4ccccn4)c3c2)cc(NC2CCNCC2)c1=O. The number of rotatable bonds is 6. The monoisotopic (exact) mass is 505 g/mol. The summed E-state index contributed by atoms with van der Waals surface area (Å²) in [5.74, 6) is 0. The number of pyridine rings is 4. The van der Waals surface area contributed by atoms with Gasteiger partial charge in [0.1, 0.15) is 11.2 Å². The summed E-state index contributed by atoms with van der Waals surface area (Å²) in [6, 6.07) is 18.3. The molecule has 0 saturated carbocycles. The first-order chi connectivity index (χ1) is 18.5. The second-order valence-electron chi connectivity index (χ2n) is 10.0. The quantitative estimate of drug-likeness (QED) is 0.360. The zero-order chi connectivity index (χ0) is 26.1. The van der Waals surface area contributed by atoms with Gasteiger partial charge >= 0.3 is 0 Å². The third-order valence-corrected chi connectivity index (χ3v) is 7.56. The van der Waals surface area contributed by atoms with E-state index in [-0.39, 0.29) is 11.6 Å². The number of nitrogens with zero attached hydrogens (tertiary/aromatic N) is 5. The Kier molecular flexibility index (Phi) is 6.25. The minimum Gasteiger partial charge on any atom is -0.378 e. The highest BCUT2D eigenvalue weighted by Gasteiger charge is 2.34. The molecule has 1 aliphatic rings. The molecule has 8 heteroatoms. The Morgan fingerprint density at radius 2 is 1.66 bits per heavy atom. The summed E-state index contributed by atoms with van der Waals surface area (Å²) < 4.78 is 3.84. The number of anilines is 1. The molecule has 0 unspecified atom stereocenters. The first-order valence-electron chi connectivity index (χ1n) is 13.0. The maximum atomic E-state index is 12.9. The van der Waals surface area contributed by atoms with Crippen molar-refractivity contribution in [3.05, 3.63) is 107 Å². The Morgan fingerprint density at radius 3 is 2.32 bits per heavy atom. The fourth-order valence-corrected chi connectivity index (χ4v) is 5.40. The van der Waals surface area contributed by atoms with Crippen LogP contribution in [0.1, 0.15) is 31.2 Å². The molecule has 0 aliphatic carbocycles. The van der Waals surface area contributed by atoms with E-state index in [1.807, 2.05) is 73.3 Å². The van der Waals surface area contributed by atoms with Gasteiger partial charge in [-0.15, -0.1) is 0 Å². The molecule has 5 aromatic rings. The van der Waals surface area contributed by atoms with Crippen molar-refractivity contribution in [3.8, 4) is 11.1 Å². The molecule has 8 nitrogen and oxygen atoms in total. The average molecular weight is 506 g/mol. The number of aryl methyl sites for hydroxylation is 1. The van der Waals surface area contributed by atoms with Crippen molar-refractivity contribution in [2.75, 3.05) is 18.4 Å². The van der Waals surface area contributed by atoms with Crippen LogP contribution in [0.25, 0.3) is 22.2 Å². The second kappa shape index (κ2) is 9.87. The Labute approximate surface area is 221 Å². The molecule has 1 fully saturated rings. The summed E-state index contributed by atoms with van der Waals surface area (Å²) in [6.45, 7) is 4.05. The van der Waals surface area contributed by atoms with Crippen LogP contribution in [0.5, 0.6) is 0 Å². The van der Waals surface area contributed by atoms with E-state index in [0.717, 1.165) is 59.5 Å². The lowest BCUT2D eigenvalue weighted by Crippen LogP contribution is -2.37. The molecule has 192 valence electrons. The third kappa shape index (κ3) is 4.26. The van der Waals surface area contributed by atoms with Gasteiger partial charge in [0.25, 0.3) is 5.56 Å². The molecule has 5 aromatic heterocycles. The molecule has 0 amide bonds. The molecule has 1 saturated heterocycles. The second-order valence-corrected chi connectivity index (χ2v) is 10.0. The van der Waals surface area contributed by atoms with Gasteiger partial charge in [-0.2, -0.15) is 0 Å². The van der Waals surface area contributed by atoms with Crippen molar-refractivity contribution in [1.29, 1.82) is 0 Å². The molecule has 0 radical (unpaired) electrons. The number of hydrogen-bond donors (Lipinski definition) is 2. The molecule has 2 N–H and O–H groups in total. The molecule has 38 heavy (non-hydrogen) atoms. The number of nitrogens with one attached hydrogen (secondary N) is 2. The number of piperidine rings is 1. The maximum absolute atomic E-state index is 12.9. The van der Waals surface area contributed by atoms with Gasteiger partial charge < -0.3 is 19.8 Å². The Hall–Kier alpha value is -4.30. The van der Waals surface area contributed by atoms with Crippen molar-refractivity contribution in [2.45, 2.75) is 31.3 Å². The van der Waals surface area contributed by atoms with Gasteiger partial charge in [0.2, 0.25) is 0 Å². The minimum atomic E-state index is -0.657. The van der Waals surface area contributed by atoms with E-state index in [9.17, 15) is 4.79 Å². The highest BCUT2D eigenvalue weighted by molar-refractivity contribution is 5.82. The van der Waals surface area contributed by atoms with Crippen LogP contribution in [-0.2, 0) is 12.6 Å². The van der Waals surface area contributed by atoms with Crippen LogP contribution in [0.15, 0.2) is 90.4 Å². The van der Waals surface area contributed by atoms with Gasteiger partial charge in [0.05, 0.1) is 22.4 Å². The minimum absolute atomic E-state index is 0.0254. The largest absolute Gasteiger partial charge is 0.378 e.